The van der Waals surface area contributed by atoms with Crippen LogP contribution in [0.5, 0.6) is 5.75 Å². The summed E-state index contributed by atoms with van der Waals surface area (Å²) in [6.07, 6.45) is 0. The number of carboxylic acids is 1. The first-order valence-corrected chi connectivity index (χ1v) is 7.14. The Labute approximate surface area is 145 Å². The third kappa shape index (κ3) is 3.54. The van der Waals surface area contributed by atoms with Crippen LogP contribution in [0.3, 0.4) is 0 Å². The van der Waals surface area contributed by atoms with E-state index in [0.717, 1.165) is 5.56 Å². The maximum atomic E-state index is 11.9. The van der Waals surface area contributed by atoms with Crippen molar-refractivity contribution in [1.29, 1.82) is 0 Å². The van der Waals surface area contributed by atoms with Crippen molar-refractivity contribution in [2.75, 3.05) is 6.54 Å². The average molecular weight is 340 g/mol. The number of aliphatic carboxylic acids is 1. The Morgan fingerprint density at radius 3 is 2.62 bits per heavy atom. The van der Waals surface area contributed by atoms with Crippen molar-refractivity contribution >= 4 is 50.2 Å². The minimum Gasteiger partial charge on any atom is -0.506 e. The number of carbonyl (C=O) groups is 2. The highest BCUT2D eigenvalue weighted by atomic mass is 35.5. The summed E-state index contributed by atoms with van der Waals surface area (Å²) in [5, 5.41) is 21.3. The van der Waals surface area contributed by atoms with Gasteiger partial charge < -0.3 is 15.5 Å². The molecule has 0 aliphatic rings. The van der Waals surface area contributed by atoms with Gasteiger partial charge in [0.1, 0.15) is 28.0 Å². The number of nitrogens with one attached hydrogen (secondary N) is 1. The number of halogens is 1. The van der Waals surface area contributed by atoms with E-state index in [0.29, 0.717) is 10.6 Å². The van der Waals surface area contributed by atoms with Gasteiger partial charge in [-0.2, -0.15) is 0 Å². The number of carbonyl (C=O) groups excluding carboxylic acids is 1. The van der Waals surface area contributed by atoms with Crippen LogP contribution in [-0.4, -0.2) is 49.3 Å². The molecule has 0 atom stereocenters. The van der Waals surface area contributed by atoms with E-state index in [4.69, 9.17) is 32.4 Å². The van der Waals surface area contributed by atoms with Gasteiger partial charge >= 0.3 is 5.97 Å². The van der Waals surface area contributed by atoms with Crippen molar-refractivity contribution in [2.45, 2.75) is 6.92 Å². The zero-order valence-corrected chi connectivity index (χ0v) is 13.4. The van der Waals surface area contributed by atoms with Crippen LogP contribution in [0.15, 0.2) is 18.2 Å². The number of aromatic nitrogens is 1. The topological polar surface area (TPSA) is 99.5 Å². The summed E-state index contributed by atoms with van der Waals surface area (Å²) in [7, 11) is 11.8. The molecule has 1 heterocycles. The lowest BCUT2D eigenvalue weighted by Gasteiger charge is -2.17. The highest BCUT2D eigenvalue weighted by Gasteiger charge is 2.21. The number of benzene rings is 1. The molecule has 0 bridgehead atoms. The fourth-order valence-electron chi connectivity index (χ4n) is 2.16. The Hall–Kier alpha value is -2.47. The van der Waals surface area contributed by atoms with Crippen LogP contribution in [0.1, 0.15) is 16.1 Å². The minimum absolute atomic E-state index is 0.0869. The van der Waals surface area contributed by atoms with Crippen molar-refractivity contribution in [3.63, 3.8) is 0 Å². The Morgan fingerprint density at radius 2 is 2.00 bits per heavy atom. The normalized spacial score (nSPS) is 10.4. The van der Waals surface area contributed by atoms with Gasteiger partial charge in [0.05, 0.1) is 0 Å². The number of nitrogens with zero attached hydrogens (tertiary/aromatic N) is 1. The molecule has 0 aliphatic heterocycles. The molecular weight excluding hydrogens is 329 g/mol. The van der Waals surface area contributed by atoms with Gasteiger partial charge in [-0.3, -0.25) is 14.6 Å². The average Bonchev–Trinajstić information content (AvgIpc) is 2.52. The quantitative estimate of drug-likeness (QED) is 0.671. The Balaban J connectivity index is 2.55. The second-order valence-electron chi connectivity index (χ2n) is 5.02. The second kappa shape index (κ2) is 6.97. The molecule has 0 unspecified atom stereocenters. The summed E-state index contributed by atoms with van der Waals surface area (Å²) in [4.78, 5) is 26.3. The third-order valence-electron chi connectivity index (χ3n) is 3.32. The Kier molecular flexibility index (Phi) is 5.19. The van der Waals surface area contributed by atoms with Crippen molar-refractivity contribution in [2.24, 2.45) is 0 Å². The molecule has 9 heteroatoms. The molecule has 24 heavy (non-hydrogen) atoms. The van der Waals surface area contributed by atoms with E-state index in [1.807, 2.05) is 0 Å². The second-order valence-corrected chi connectivity index (χ2v) is 5.46. The van der Waals surface area contributed by atoms with Gasteiger partial charge in [-0.05, 0) is 46.8 Å². The fraction of sp³-hybridized carbons (Fsp3) is 0.133. The van der Waals surface area contributed by atoms with Crippen molar-refractivity contribution in [3.05, 3.63) is 34.5 Å². The lowest BCUT2D eigenvalue weighted by Crippen LogP contribution is -2.34. The van der Waals surface area contributed by atoms with E-state index in [2.05, 4.69) is 10.3 Å². The highest BCUT2D eigenvalue weighted by molar-refractivity contribution is 6.45. The summed E-state index contributed by atoms with van der Waals surface area (Å²) in [6, 6.07) is 5.05. The number of aryl methyl sites for hydroxylation is 1. The fourth-order valence-corrected chi connectivity index (χ4v) is 2.33. The van der Waals surface area contributed by atoms with E-state index in [1.165, 1.54) is 0 Å². The molecule has 6 nitrogen and oxygen atoms in total. The molecule has 0 aliphatic carbocycles. The molecule has 4 radical (unpaired) electrons. The van der Waals surface area contributed by atoms with E-state index in [1.54, 1.807) is 25.1 Å². The summed E-state index contributed by atoms with van der Waals surface area (Å²) >= 11 is 5.98. The van der Waals surface area contributed by atoms with Crippen LogP contribution in [0.25, 0.3) is 11.1 Å². The minimum atomic E-state index is -1.24. The van der Waals surface area contributed by atoms with E-state index in [9.17, 15) is 14.7 Å². The summed E-state index contributed by atoms with van der Waals surface area (Å²) in [5.74, 6) is -2.72. The van der Waals surface area contributed by atoms with Crippen LogP contribution in [0.4, 0.5) is 0 Å². The van der Waals surface area contributed by atoms with Crippen LogP contribution in [-0.2, 0) is 4.79 Å². The van der Waals surface area contributed by atoms with Gasteiger partial charge in [-0.15, -0.1) is 0 Å². The largest absolute Gasteiger partial charge is 0.506 e. The monoisotopic (exact) mass is 340 g/mol. The summed E-state index contributed by atoms with van der Waals surface area (Å²) < 4.78 is 0. The SMILES string of the molecule is [B]c1nc(C(=O)NCC(=O)O)c(O)c([B])c1-c1cc(Cl)ccc1C. The van der Waals surface area contributed by atoms with Gasteiger partial charge in [0, 0.05) is 5.02 Å². The number of carboxylic acid groups (broad SMARTS) is 1. The van der Waals surface area contributed by atoms with Gasteiger partial charge in [0.25, 0.3) is 5.91 Å². The van der Waals surface area contributed by atoms with Crippen molar-refractivity contribution in [1.82, 2.24) is 10.3 Å². The third-order valence-corrected chi connectivity index (χ3v) is 3.56. The molecule has 2 aromatic rings. The predicted molar refractivity (Wildman–Crippen MR) is 91.8 cm³/mol. The maximum absolute atomic E-state index is 11.9. The summed E-state index contributed by atoms with van der Waals surface area (Å²) in [5.41, 5.74) is 0.932. The van der Waals surface area contributed by atoms with Gasteiger partial charge in [0.2, 0.25) is 0 Å². The molecule has 0 saturated heterocycles. The van der Waals surface area contributed by atoms with Gasteiger partial charge in [-0.1, -0.05) is 17.7 Å². The number of amides is 1. The van der Waals surface area contributed by atoms with Crippen LogP contribution in [0.2, 0.25) is 5.02 Å². The van der Waals surface area contributed by atoms with Crippen molar-refractivity contribution in [3.8, 4) is 16.9 Å². The Morgan fingerprint density at radius 1 is 1.33 bits per heavy atom. The lowest BCUT2D eigenvalue weighted by molar-refractivity contribution is -0.135. The number of hydrogen-bond donors (Lipinski definition) is 3. The van der Waals surface area contributed by atoms with E-state index < -0.39 is 29.9 Å². The Bertz CT molecular complexity index is 843. The standard InChI is InChI=1S/C15H11B2ClN2O4/c1-6-2-3-7(18)4-8(6)10-11(16)13(23)12(20-14(10)17)15(24)19-5-9(21)22/h2-4,23H,5H2,1H3,(H,19,24)(H,21,22). The molecule has 1 amide bonds. The molecule has 3 N–H and O–H groups in total. The molecule has 1 aromatic heterocycles. The molecule has 1 aromatic carbocycles. The highest BCUT2D eigenvalue weighted by Crippen LogP contribution is 2.26. The zero-order valence-electron chi connectivity index (χ0n) is 12.6. The smallest absolute Gasteiger partial charge is 0.322 e. The van der Waals surface area contributed by atoms with E-state index in [-0.39, 0.29) is 16.6 Å². The molecule has 0 fully saturated rings. The lowest BCUT2D eigenvalue weighted by atomic mass is 9.79. The predicted octanol–water partition coefficient (Wildman–Crippen LogP) is -0.182. The van der Waals surface area contributed by atoms with Crippen LogP contribution < -0.4 is 16.4 Å². The van der Waals surface area contributed by atoms with E-state index >= 15 is 0 Å². The molecule has 2 rings (SSSR count). The zero-order chi connectivity index (χ0) is 18.0. The van der Waals surface area contributed by atoms with Crippen LogP contribution in [0, 0.1) is 6.92 Å². The first-order chi connectivity index (χ1) is 11.2. The van der Waals surface area contributed by atoms with Crippen LogP contribution >= 0.6 is 11.6 Å². The van der Waals surface area contributed by atoms with Gasteiger partial charge in [-0.25, -0.2) is 0 Å². The summed E-state index contributed by atoms with van der Waals surface area (Å²) in [6.45, 7) is 1.17. The molecule has 118 valence electrons. The molecule has 0 saturated carbocycles. The number of pyridine rings is 1. The van der Waals surface area contributed by atoms with Gasteiger partial charge in [0.15, 0.2) is 5.69 Å². The van der Waals surface area contributed by atoms with Crippen molar-refractivity contribution < 1.29 is 19.8 Å². The maximum Gasteiger partial charge on any atom is 0.322 e. The number of hydrogen-bond acceptors (Lipinski definition) is 4. The molecule has 0 spiro atoms. The number of rotatable bonds is 4. The first-order valence-electron chi connectivity index (χ1n) is 6.76. The molecular formula is C15H11B2ClN2O4. The first kappa shape index (κ1) is 17.9. The number of aromatic hydroxyl groups is 1.